The monoisotopic (exact) mass is 458 g/mol. The Morgan fingerprint density at radius 2 is 1.87 bits per heavy atom. The van der Waals surface area contributed by atoms with Gasteiger partial charge in [0.2, 0.25) is 21.7 Å². The molecule has 0 atom stereocenters. The molecule has 4 rings (SSSR count). The molecule has 0 aliphatic rings. The van der Waals surface area contributed by atoms with Crippen LogP contribution in [0.3, 0.4) is 0 Å². The summed E-state index contributed by atoms with van der Waals surface area (Å²) in [4.78, 5) is 19.4. The van der Waals surface area contributed by atoms with Crippen molar-refractivity contribution in [3.8, 4) is 11.4 Å². The van der Waals surface area contributed by atoms with Gasteiger partial charge >= 0.3 is 5.97 Å². The second-order valence-corrected chi connectivity index (χ2v) is 8.65. The first-order valence-corrected chi connectivity index (χ1v) is 10.9. The fraction of sp³-hybridized carbons (Fsp3) is 0.100. The Hall–Kier alpha value is -3.34. The molecule has 2 aromatic carbocycles. The second-order valence-electron chi connectivity index (χ2n) is 6.48. The Balaban J connectivity index is 1.50. The average Bonchev–Trinajstić information content (AvgIpc) is 3.22. The van der Waals surface area contributed by atoms with Crippen molar-refractivity contribution in [3.05, 3.63) is 71.3 Å². The maximum Gasteiger partial charge on any atom is 0.355 e. The van der Waals surface area contributed by atoms with E-state index in [0.29, 0.717) is 10.8 Å². The van der Waals surface area contributed by atoms with Gasteiger partial charge in [0, 0.05) is 40.5 Å². The largest absolute Gasteiger partial charge is 0.476 e. The number of nitrogens with one attached hydrogen (secondary N) is 1. The van der Waals surface area contributed by atoms with Gasteiger partial charge in [-0.05, 0) is 36.4 Å². The van der Waals surface area contributed by atoms with Crippen LogP contribution < -0.4 is 4.72 Å². The molecule has 9 nitrogen and oxygen atoms in total. The van der Waals surface area contributed by atoms with E-state index in [-0.39, 0.29) is 40.2 Å². The van der Waals surface area contributed by atoms with E-state index in [9.17, 15) is 18.3 Å². The standard InChI is InChI=1S/C20H15ClN4O5S/c21-13-6-4-12(5-7-13)19-24-17(30-25-19)9-11-23-31(28,29)16-3-1-2-15-14(16)8-10-22-18(15)20(26)27/h1-8,10,23H,9,11H2,(H,26,27). The fourth-order valence-corrected chi connectivity index (χ4v) is 4.40. The Bertz CT molecular complexity index is 1370. The number of carboxylic acids is 1. The van der Waals surface area contributed by atoms with E-state index >= 15 is 0 Å². The highest BCUT2D eigenvalue weighted by Gasteiger charge is 2.20. The van der Waals surface area contributed by atoms with Gasteiger partial charge in [-0.1, -0.05) is 28.9 Å². The topological polar surface area (TPSA) is 135 Å². The number of nitrogens with zero attached hydrogens (tertiary/aromatic N) is 3. The van der Waals surface area contributed by atoms with Crippen molar-refractivity contribution in [2.75, 3.05) is 6.54 Å². The van der Waals surface area contributed by atoms with E-state index in [1.54, 1.807) is 24.3 Å². The lowest BCUT2D eigenvalue weighted by Gasteiger charge is -2.09. The number of pyridine rings is 1. The third-order valence-corrected chi connectivity index (χ3v) is 6.23. The molecule has 0 fully saturated rings. The number of aromatic nitrogens is 3. The minimum Gasteiger partial charge on any atom is -0.476 e. The van der Waals surface area contributed by atoms with Crippen molar-refractivity contribution in [3.63, 3.8) is 0 Å². The van der Waals surface area contributed by atoms with Crippen LogP contribution in [0.2, 0.25) is 5.02 Å². The number of carbonyl (C=O) groups is 1. The summed E-state index contributed by atoms with van der Waals surface area (Å²) < 4.78 is 33.3. The first-order chi connectivity index (χ1) is 14.8. The van der Waals surface area contributed by atoms with Crippen LogP contribution in [0.1, 0.15) is 16.4 Å². The maximum absolute atomic E-state index is 12.8. The molecule has 0 aliphatic heterocycles. The van der Waals surface area contributed by atoms with Crippen LogP contribution >= 0.6 is 11.6 Å². The van der Waals surface area contributed by atoms with Crippen molar-refractivity contribution in [2.45, 2.75) is 11.3 Å². The van der Waals surface area contributed by atoms with Crippen molar-refractivity contribution < 1.29 is 22.8 Å². The van der Waals surface area contributed by atoms with Gasteiger partial charge in [0.05, 0.1) is 4.90 Å². The zero-order chi connectivity index (χ0) is 22.0. The van der Waals surface area contributed by atoms with E-state index in [1.807, 2.05) is 0 Å². The summed E-state index contributed by atoms with van der Waals surface area (Å²) in [6.07, 6.45) is 1.44. The van der Waals surface area contributed by atoms with Crippen molar-refractivity contribution in [2.24, 2.45) is 0 Å². The predicted octanol–water partition coefficient (Wildman–Crippen LogP) is 3.16. The van der Waals surface area contributed by atoms with Crippen LogP contribution in [0, 0.1) is 0 Å². The first-order valence-electron chi connectivity index (χ1n) is 9.04. The van der Waals surface area contributed by atoms with Crippen molar-refractivity contribution in [1.29, 1.82) is 0 Å². The molecule has 0 bridgehead atoms. The number of sulfonamides is 1. The van der Waals surface area contributed by atoms with Crippen LogP contribution in [0.25, 0.3) is 22.2 Å². The molecular formula is C20H15ClN4O5S. The second kappa shape index (κ2) is 8.42. The molecule has 0 saturated heterocycles. The third-order valence-electron chi connectivity index (χ3n) is 4.46. The molecule has 0 spiro atoms. The van der Waals surface area contributed by atoms with Crippen molar-refractivity contribution in [1.82, 2.24) is 19.8 Å². The molecule has 158 valence electrons. The lowest BCUT2D eigenvalue weighted by atomic mass is 10.1. The molecule has 4 aromatic rings. The summed E-state index contributed by atoms with van der Waals surface area (Å²) in [5.41, 5.74) is 0.508. The Labute approximate surface area is 181 Å². The molecule has 2 N–H and O–H groups in total. The lowest BCUT2D eigenvalue weighted by Crippen LogP contribution is -2.26. The quantitative estimate of drug-likeness (QED) is 0.431. The lowest BCUT2D eigenvalue weighted by molar-refractivity contribution is 0.0693. The van der Waals surface area contributed by atoms with E-state index < -0.39 is 16.0 Å². The van der Waals surface area contributed by atoms with E-state index in [1.165, 1.54) is 30.5 Å². The average molecular weight is 459 g/mol. The van der Waals surface area contributed by atoms with Gasteiger partial charge in [-0.15, -0.1) is 0 Å². The third kappa shape index (κ3) is 4.41. The van der Waals surface area contributed by atoms with Crippen LogP contribution in [0.4, 0.5) is 0 Å². The first kappa shape index (κ1) is 20.9. The molecule has 0 amide bonds. The Morgan fingerprint density at radius 1 is 1.10 bits per heavy atom. The smallest absolute Gasteiger partial charge is 0.355 e. The minimum atomic E-state index is -3.92. The summed E-state index contributed by atoms with van der Waals surface area (Å²) >= 11 is 5.86. The number of hydrogen-bond donors (Lipinski definition) is 2. The summed E-state index contributed by atoms with van der Waals surface area (Å²) in [5, 5.41) is 14.3. The zero-order valence-corrected chi connectivity index (χ0v) is 17.4. The van der Waals surface area contributed by atoms with Gasteiger partial charge in [0.25, 0.3) is 0 Å². The number of fused-ring (bicyclic) bond motifs is 1. The number of hydrogen-bond acceptors (Lipinski definition) is 7. The molecule has 0 saturated carbocycles. The van der Waals surface area contributed by atoms with Gasteiger partial charge in [-0.3, -0.25) is 0 Å². The van der Waals surface area contributed by atoms with Crippen LogP contribution in [-0.4, -0.2) is 41.2 Å². The maximum atomic E-state index is 12.8. The van der Waals surface area contributed by atoms with Crippen molar-refractivity contribution >= 4 is 38.4 Å². The Kier molecular flexibility index (Phi) is 5.68. The summed E-state index contributed by atoms with van der Waals surface area (Å²) in [6, 6.07) is 12.8. The summed E-state index contributed by atoms with van der Waals surface area (Å²) in [5.74, 6) is -0.596. The van der Waals surface area contributed by atoms with Gasteiger partial charge in [0.1, 0.15) is 0 Å². The highest BCUT2D eigenvalue weighted by atomic mass is 35.5. The molecule has 0 unspecified atom stereocenters. The predicted molar refractivity (Wildman–Crippen MR) is 112 cm³/mol. The molecule has 2 heterocycles. The Morgan fingerprint density at radius 3 is 2.61 bits per heavy atom. The zero-order valence-electron chi connectivity index (χ0n) is 15.8. The van der Waals surface area contributed by atoms with Gasteiger partial charge < -0.3 is 9.63 Å². The number of aromatic carboxylic acids is 1. The molecule has 31 heavy (non-hydrogen) atoms. The summed E-state index contributed by atoms with van der Waals surface area (Å²) in [6.45, 7) is 0.0117. The molecule has 2 aromatic heterocycles. The highest BCUT2D eigenvalue weighted by Crippen LogP contribution is 2.25. The number of benzene rings is 2. The molecule has 0 radical (unpaired) electrons. The van der Waals surface area contributed by atoms with Gasteiger partial charge in [-0.25, -0.2) is 22.9 Å². The summed E-state index contributed by atoms with van der Waals surface area (Å²) in [7, 11) is -3.92. The number of halogens is 1. The molecule has 11 heteroatoms. The van der Waals surface area contributed by atoms with E-state index in [0.717, 1.165) is 5.56 Å². The van der Waals surface area contributed by atoms with Crippen LogP contribution in [0.15, 0.2) is 64.1 Å². The number of carboxylic acid groups (broad SMARTS) is 1. The van der Waals surface area contributed by atoms with Gasteiger partial charge in [0.15, 0.2) is 5.69 Å². The van der Waals surface area contributed by atoms with Gasteiger partial charge in [-0.2, -0.15) is 4.98 Å². The van der Waals surface area contributed by atoms with E-state index in [2.05, 4.69) is 19.8 Å². The minimum absolute atomic E-state index is 0.0117. The highest BCUT2D eigenvalue weighted by molar-refractivity contribution is 7.89. The molecule has 0 aliphatic carbocycles. The van der Waals surface area contributed by atoms with Crippen LogP contribution in [-0.2, 0) is 16.4 Å². The van der Waals surface area contributed by atoms with E-state index in [4.69, 9.17) is 16.1 Å². The normalized spacial score (nSPS) is 11.6. The fourth-order valence-electron chi connectivity index (χ4n) is 3.03. The molecular weight excluding hydrogens is 444 g/mol. The van der Waals surface area contributed by atoms with Crippen LogP contribution in [0.5, 0.6) is 0 Å². The number of rotatable bonds is 7. The SMILES string of the molecule is O=C(O)c1nccc2c(S(=O)(=O)NCCc3nc(-c4ccc(Cl)cc4)no3)cccc12.